The molecule has 0 rings (SSSR count). The van der Waals surface area contributed by atoms with E-state index >= 15 is 0 Å². The zero-order valence-electron chi connectivity index (χ0n) is 9.39. The van der Waals surface area contributed by atoms with E-state index in [2.05, 4.69) is 5.32 Å². The van der Waals surface area contributed by atoms with Gasteiger partial charge in [0.2, 0.25) is 5.91 Å². The van der Waals surface area contributed by atoms with Gasteiger partial charge in [-0.3, -0.25) is 4.79 Å². The van der Waals surface area contributed by atoms with Crippen LogP contribution in [0.25, 0.3) is 0 Å². The van der Waals surface area contributed by atoms with Crippen molar-refractivity contribution in [3.05, 3.63) is 0 Å². The molecular weight excluding hydrogens is 202 g/mol. The fourth-order valence-corrected chi connectivity index (χ4v) is 1.20. The molecule has 0 saturated heterocycles. The van der Waals surface area contributed by atoms with Gasteiger partial charge in [-0.05, 0) is 6.42 Å². The first kappa shape index (κ1) is 13.7. The Balaban J connectivity index is 4.08. The molecule has 84 valence electrons. The standard InChI is InChI=1S/C10H20ClNO2/c1-10(2,3)9(13)12-8(5-6-11)7-14-4/h8H,5-7H2,1-4H3,(H,12,13). The van der Waals surface area contributed by atoms with Gasteiger partial charge in [-0.2, -0.15) is 0 Å². The lowest BCUT2D eigenvalue weighted by molar-refractivity contribution is -0.129. The van der Waals surface area contributed by atoms with E-state index in [4.69, 9.17) is 16.3 Å². The van der Waals surface area contributed by atoms with Crippen LogP contribution in [0.4, 0.5) is 0 Å². The number of halogens is 1. The molecule has 4 heteroatoms. The summed E-state index contributed by atoms with van der Waals surface area (Å²) < 4.78 is 5.00. The fourth-order valence-electron chi connectivity index (χ4n) is 0.932. The maximum absolute atomic E-state index is 11.6. The summed E-state index contributed by atoms with van der Waals surface area (Å²) >= 11 is 5.62. The highest BCUT2D eigenvalue weighted by molar-refractivity contribution is 6.17. The number of hydrogen-bond acceptors (Lipinski definition) is 2. The Morgan fingerprint density at radius 1 is 1.50 bits per heavy atom. The first-order valence-electron chi connectivity index (χ1n) is 4.77. The highest BCUT2D eigenvalue weighted by Gasteiger charge is 2.23. The quantitative estimate of drug-likeness (QED) is 0.719. The number of methoxy groups -OCH3 is 1. The third-order valence-electron chi connectivity index (χ3n) is 1.84. The Kier molecular flexibility index (Phi) is 6.12. The van der Waals surface area contributed by atoms with E-state index in [0.717, 1.165) is 6.42 Å². The van der Waals surface area contributed by atoms with Crippen LogP contribution in [0.1, 0.15) is 27.2 Å². The van der Waals surface area contributed by atoms with Crippen LogP contribution in [0, 0.1) is 5.41 Å². The van der Waals surface area contributed by atoms with Gasteiger partial charge in [-0.1, -0.05) is 20.8 Å². The van der Waals surface area contributed by atoms with Crippen molar-refractivity contribution in [2.75, 3.05) is 19.6 Å². The first-order valence-corrected chi connectivity index (χ1v) is 5.31. The predicted molar refractivity (Wildman–Crippen MR) is 58.6 cm³/mol. The summed E-state index contributed by atoms with van der Waals surface area (Å²) in [6, 6.07) is 0.0178. The molecule has 1 N–H and O–H groups in total. The van der Waals surface area contributed by atoms with E-state index in [1.165, 1.54) is 0 Å². The van der Waals surface area contributed by atoms with Gasteiger partial charge >= 0.3 is 0 Å². The molecule has 1 amide bonds. The lowest BCUT2D eigenvalue weighted by atomic mass is 9.95. The van der Waals surface area contributed by atoms with Crippen LogP contribution in [-0.2, 0) is 9.53 Å². The maximum Gasteiger partial charge on any atom is 0.225 e. The number of carbonyl (C=O) groups excluding carboxylic acids is 1. The molecule has 0 saturated carbocycles. The summed E-state index contributed by atoms with van der Waals surface area (Å²) in [4.78, 5) is 11.6. The van der Waals surface area contributed by atoms with Crippen LogP contribution in [0.3, 0.4) is 0 Å². The van der Waals surface area contributed by atoms with E-state index in [0.29, 0.717) is 12.5 Å². The monoisotopic (exact) mass is 221 g/mol. The number of alkyl halides is 1. The Morgan fingerprint density at radius 2 is 2.07 bits per heavy atom. The number of carbonyl (C=O) groups is 1. The van der Waals surface area contributed by atoms with Gasteiger partial charge in [0, 0.05) is 18.4 Å². The SMILES string of the molecule is COCC(CCCl)NC(=O)C(C)(C)C. The minimum Gasteiger partial charge on any atom is -0.383 e. The Labute approximate surface area is 91.2 Å². The molecule has 0 aromatic carbocycles. The van der Waals surface area contributed by atoms with E-state index < -0.39 is 0 Å². The molecule has 0 aromatic rings. The van der Waals surface area contributed by atoms with Crippen molar-refractivity contribution >= 4 is 17.5 Å². The molecule has 0 spiro atoms. The van der Waals surface area contributed by atoms with Crippen molar-refractivity contribution in [1.29, 1.82) is 0 Å². The Morgan fingerprint density at radius 3 is 2.43 bits per heavy atom. The van der Waals surface area contributed by atoms with Crippen molar-refractivity contribution in [3.63, 3.8) is 0 Å². The normalized spacial score (nSPS) is 13.8. The molecule has 14 heavy (non-hydrogen) atoms. The topological polar surface area (TPSA) is 38.3 Å². The molecule has 1 atom stereocenters. The van der Waals surface area contributed by atoms with E-state index in [1.54, 1.807) is 7.11 Å². The van der Waals surface area contributed by atoms with Gasteiger partial charge in [0.15, 0.2) is 0 Å². The predicted octanol–water partition coefficient (Wildman–Crippen LogP) is 1.79. The second-order valence-corrected chi connectivity index (χ2v) is 4.73. The fraction of sp³-hybridized carbons (Fsp3) is 0.900. The number of nitrogens with one attached hydrogen (secondary N) is 1. The molecule has 0 aromatic heterocycles. The number of hydrogen-bond donors (Lipinski definition) is 1. The summed E-state index contributed by atoms with van der Waals surface area (Å²) in [5.74, 6) is 0.558. The molecule has 0 radical (unpaired) electrons. The molecule has 0 aliphatic carbocycles. The first-order chi connectivity index (χ1) is 6.41. The van der Waals surface area contributed by atoms with Crippen molar-refractivity contribution in [3.8, 4) is 0 Å². The summed E-state index contributed by atoms with van der Waals surface area (Å²) in [6.07, 6.45) is 0.733. The minimum atomic E-state index is -0.363. The van der Waals surface area contributed by atoms with Gasteiger partial charge in [0.05, 0.1) is 12.6 Å². The molecule has 1 unspecified atom stereocenters. The average Bonchev–Trinajstić information content (AvgIpc) is 2.03. The number of rotatable bonds is 5. The van der Waals surface area contributed by atoms with E-state index in [9.17, 15) is 4.79 Å². The molecule has 3 nitrogen and oxygen atoms in total. The molecular formula is C10H20ClNO2. The van der Waals surface area contributed by atoms with Crippen molar-refractivity contribution in [2.45, 2.75) is 33.2 Å². The molecule has 0 aliphatic rings. The summed E-state index contributed by atoms with van der Waals surface area (Å²) in [6.45, 7) is 6.15. The van der Waals surface area contributed by atoms with E-state index in [-0.39, 0.29) is 17.4 Å². The minimum absolute atomic E-state index is 0.0178. The third-order valence-corrected chi connectivity index (χ3v) is 2.06. The molecule has 0 bridgehead atoms. The van der Waals surface area contributed by atoms with E-state index in [1.807, 2.05) is 20.8 Å². The molecule has 0 aliphatic heterocycles. The highest BCUT2D eigenvalue weighted by atomic mass is 35.5. The molecule has 0 fully saturated rings. The van der Waals surface area contributed by atoms with Crippen LogP contribution in [0.5, 0.6) is 0 Å². The van der Waals surface area contributed by atoms with Crippen LogP contribution in [0.15, 0.2) is 0 Å². The van der Waals surface area contributed by atoms with Crippen LogP contribution in [0.2, 0.25) is 0 Å². The molecule has 0 heterocycles. The largest absolute Gasteiger partial charge is 0.383 e. The lowest BCUT2D eigenvalue weighted by Gasteiger charge is -2.23. The van der Waals surface area contributed by atoms with Crippen molar-refractivity contribution in [2.24, 2.45) is 5.41 Å². The Hall–Kier alpha value is -0.280. The number of amides is 1. The van der Waals surface area contributed by atoms with Crippen LogP contribution in [-0.4, -0.2) is 31.5 Å². The summed E-state index contributed by atoms with van der Waals surface area (Å²) in [7, 11) is 1.62. The van der Waals surface area contributed by atoms with Gasteiger partial charge in [0.1, 0.15) is 0 Å². The lowest BCUT2D eigenvalue weighted by Crippen LogP contribution is -2.44. The van der Waals surface area contributed by atoms with Crippen LogP contribution < -0.4 is 5.32 Å². The summed E-state index contributed by atoms with van der Waals surface area (Å²) in [5.41, 5.74) is -0.363. The van der Waals surface area contributed by atoms with Crippen molar-refractivity contribution < 1.29 is 9.53 Å². The zero-order valence-corrected chi connectivity index (χ0v) is 10.1. The smallest absolute Gasteiger partial charge is 0.225 e. The third kappa shape index (κ3) is 5.45. The second kappa shape index (κ2) is 6.25. The summed E-state index contributed by atoms with van der Waals surface area (Å²) in [5, 5.41) is 2.91. The second-order valence-electron chi connectivity index (χ2n) is 4.35. The van der Waals surface area contributed by atoms with Crippen LogP contribution >= 0.6 is 11.6 Å². The van der Waals surface area contributed by atoms with Gasteiger partial charge in [-0.25, -0.2) is 0 Å². The highest BCUT2D eigenvalue weighted by Crippen LogP contribution is 2.13. The van der Waals surface area contributed by atoms with Gasteiger partial charge in [-0.15, -0.1) is 11.6 Å². The van der Waals surface area contributed by atoms with Gasteiger partial charge in [0.25, 0.3) is 0 Å². The van der Waals surface area contributed by atoms with Crippen molar-refractivity contribution in [1.82, 2.24) is 5.32 Å². The van der Waals surface area contributed by atoms with Gasteiger partial charge < -0.3 is 10.1 Å². The Bertz CT molecular complexity index is 171. The zero-order chi connectivity index (χ0) is 11.2. The average molecular weight is 222 g/mol. The maximum atomic E-state index is 11.6. The number of ether oxygens (including phenoxy) is 1.